The number of hydrogen-bond acceptors (Lipinski definition) is 5. The lowest BCUT2D eigenvalue weighted by atomic mass is 9.89. The molecular weight excluding hydrogens is 242 g/mol. The summed E-state index contributed by atoms with van der Waals surface area (Å²) in [7, 11) is 0. The standard InChI is InChI=1S/C13H21N5O/c1-4-9-16-10(14)8(2)11(17-9)18-6-5-13(3,7-18)12(15)19/h4-7H2,1-3H3,(H2,15,19)(H2,14,16,17). The molecular formula is C13H21N5O. The fourth-order valence-corrected chi connectivity index (χ4v) is 2.38. The predicted molar refractivity (Wildman–Crippen MR) is 74.7 cm³/mol. The van der Waals surface area contributed by atoms with Gasteiger partial charge in [-0.2, -0.15) is 0 Å². The second kappa shape index (κ2) is 4.68. The highest BCUT2D eigenvalue weighted by Crippen LogP contribution is 2.34. The first-order valence-corrected chi connectivity index (χ1v) is 6.55. The molecule has 6 heteroatoms. The normalized spacial score (nSPS) is 22.8. The molecule has 1 aliphatic heterocycles. The van der Waals surface area contributed by atoms with E-state index in [0.29, 0.717) is 12.4 Å². The quantitative estimate of drug-likeness (QED) is 0.833. The minimum absolute atomic E-state index is 0.259. The summed E-state index contributed by atoms with van der Waals surface area (Å²) in [6.45, 7) is 7.15. The molecule has 19 heavy (non-hydrogen) atoms. The molecule has 1 saturated heterocycles. The van der Waals surface area contributed by atoms with Gasteiger partial charge >= 0.3 is 0 Å². The van der Waals surface area contributed by atoms with Gasteiger partial charge in [0.15, 0.2) is 0 Å². The molecule has 0 radical (unpaired) electrons. The van der Waals surface area contributed by atoms with Crippen molar-refractivity contribution in [2.45, 2.75) is 33.6 Å². The van der Waals surface area contributed by atoms with E-state index in [1.807, 2.05) is 20.8 Å². The predicted octanol–water partition coefficient (Wildman–Crippen LogP) is 0.631. The van der Waals surface area contributed by atoms with E-state index in [9.17, 15) is 4.79 Å². The number of carbonyl (C=O) groups excluding carboxylic acids is 1. The van der Waals surface area contributed by atoms with Crippen molar-refractivity contribution in [3.63, 3.8) is 0 Å². The van der Waals surface area contributed by atoms with Gasteiger partial charge in [0.25, 0.3) is 0 Å². The van der Waals surface area contributed by atoms with Gasteiger partial charge < -0.3 is 16.4 Å². The highest BCUT2D eigenvalue weighted by molar-refractivity contribution is 5.82. The summed E-state index contributed by atoms with van der Waals surface area (Å²) in [6, 6.07) is 0. The maximum Gasteiger partial charge on any atom is 0.225 e. The fraction of sp³-hybridized carbons (Fsp3) is 0.615. The highest BCUT2D eigenvalue weighted by Gasteiger charge is 2.39. The van der Waals surface area contributed by atoms with Crippen LogP contribution in [-0.2, 0) is 11.2 Å². The molecule has 1 fully saturated rings. The molecule has 1 unspecified atom stereocenters. The molecule has 1 aromatic rings. The van der Waals surface area contributed by atoms with Crippen LogP contribution in [0.1, 0.15) is 31.7 Å². The van der Waals surface area contributed by atoms with Gasteiger partial charge in [0.1, 0.15) is 17.5 Å². The van der Waals surface area contributed by atoms with Gasteiger partial charge in [-0.05, 0) is 20.3 Å². The number of rotatable bonds is 3. The van der Waals surface area contributed by atoms with E-state index < -0.39 is 5.41 Å². The van der Waals surface area contributed by atoms with Gasteiger partial charge in [0.2, 0.25) is 5.91 Å². The van der Waals surface area contributed by atoms with E-state index in [2.05, 4.69) is 14.9 Å². The molecule has 0 spiro atoms. The Hall–Kier alpha value is -1.85. The Kier molecular flexibility index (Phi) is 3.34. The molecule has 104 valence electrons. The van der Waals surface area contributed by atoms with Crippen LogP contribution < -0.4 is 16.4 Å². The third kappa shape index (κ3) is 2.34. The van der Waals surface area contributed by atoms with E-state index in [4.69, 9.17) is 11.5 Å². The van der Waals surface area contributed by atoms with Gasteiger partial charge in [0, 0.05) is 25.1 Å². The van der Waals surface area contributed by atoms with Crippen LogP contribution in [0.4, 0.5) is 11.6 Å². The zero-order valence-electron chi connectivity index (χ0n) is 11.7. The maximum absolute atomic E-state index is 11.5. The third-order valence-electron chi connectivity index (χ3n) is 3.89. The summed E-state index contributed by atoms with van der Waals surface area (Å²) < 4.78 is 0. The minimum Gasteiger partial charge on any atom is -0.383 e. The summed E-state index contributed by atoms with van der Waals surface area (Å²) in [6.07, 6.45) is 1.48. The van der Waals surface area contributed by atoms with Crippen LogP contribution in [0.3, 0.4) is 0 Å². The molecule has 1 aliphatic rings. The lowest BCUT2D eigenvalue weighted by Gasteiger charge is -2.23. The van der Waals surface area contributed by atoms with E-state index in [1.165, 1.54) is 0 Å². The number of amides is 1. The average molecular weight is 263 g/mol. The molecule has 4 N–H and O–H groups in total. The Morgan fingerprint density at radius 1 is 1.47 bits per heavy atom. The third-order valence-corrected chi connectivity index (χ3v) is 3.89. The number of aryl methyl sites for hydroxylation is 1. The first-order chi connectivity index (χ1) is 8.87. The summed E-state index contributed by atoms with van der Waals surface area (Å²) in [5, 5.41) is 0. The van der Waals surface area contributed by atoms with Crippen molar-refractivity contribution in [2.24, 2.45) is 11.1 Å². The van der Waals surface area contributed by atoms with Crippen molar-refractivity contribution in [3.8, 4) is 0 Å². The number of nitrogens with zero attached hydrogens (tertiary/aromatic N) is 3. The van der Waals surface area contributed by atoms with Crippen molar-refractivity contribution in [3.05, 3.63) is 11.4 Å². The smallest absolute Gasteiger partial charge is 0.225 e. The number of carbonyl (C=O) groups is 1. The lowest BCUT2D eigenvalue weighted by Crippen LogP contribution is -2.37. The van der Waals surface area contributed by atoms with Gasteiger partial charge in [-0.15, -0.1) is 0 Å². The van der Waals surface area contributed by atoms with E-state index in [1.54, 1.807) is 0 Å². The Morgan fingerprint density at radius 3 is 2.68 bits per heavy atom. The highest BCUT2D eigenvalue weighted by atomic mass is 16.1. The molecule has 2 rings (SSSR count). The van der Waals surface area contributed by atoms with E-state index in [0.717, 1.165) is 36.6 Å². The first-order valence-electron chi connectivity index (χ1n) is 6.55. The molecule has 1 amide bonds. The SMILES string of the molecule is CCc1nc(N)c(C)c(N2CCC(C)(C(N)=O)C2)n1. The van der Waals surface area contributed by atoms with Crippen molar-refractivity contribution in [2.75, 3.05) is 23.7 Å². The fourth-order valence-electron chi connectivity index (χ4n) is 2.38. The number of primary amides is 1. The van der Waals surface area contributed by atoms with Gasteiger partial charge in [-0.1, -0.05) is 6.92 Å². The van der Waals surface area contributed by atoms with Crippen LogP contribution in [0.25, 0.3) is 0 Å². The van der Waals surface area contributed by atoms with Crippen molar-refractivity contribution < 1.29 is 4.79 Å². The molecule has 1 atom stereocenters. The monoisotopic (exact) mass is 263 g/mol. The summed E-state index contributed by atoms with van der Waals surface area (Å²) in [4.78, 5) is 22.4. The van der Waals surface area contributed by atoms with Crippen LogP contribution in [0.2, 0.25) is 0 Å². The Morgan fingerprint density at radius 2 is 2.16 bits per heavy atom. The Bertz CT molecular complexity index is 516. The van der Waals surface area contributed by atoms with Crippen molar-refractivity contribution in [1.29, 1.82) is 0 Å². The second-order valence-corrected chi connectivity index (χ2v) is 5.42. The molecule has 0 aliphatic carbocycles. The van der Waals surface area contributed by atoms with Crippen LogP contribution >= 0.6 is 0 Å². The number of nitrogens with two attached hydrogens (primary N) is 2. The maximum atomic E-state index is 11.5. The first kappa shape index (κ1) is 13.6. The average Bonchev–Trinajstić information content (AvgIpc) is 2.76. The lowest BCUT2D eigenvalue weighted by molar-refractivity contribution is -0.125. The zero-order valence-corrected chi connectivity index (χ0v) is 11.7. The summed E-state index contributed by atoms with van der Waals surface area (Å²) >= 11 is 0. The number of aromatic nitrogens is 2. The van der Waals surface area contributed by atoms with Crippen molar-refractivity contribution in [1.82, 2.24) is 9.97 Å². The van der Waals surface area contributed by atoms with Gasteiger partial charge in [0.05, 0.1) is 5.41 Å². The number of hydrogen-bond donors (Lipinski definition) is 2. The molecule has 0 bridgehead atoms. The van der Waals surface area contributed by atoms with Crippen LogP contribution in [0.15, 0.2) is 0 Å². The van der Waals surface area contributed by atoms with Crippen molar-refractivity contribution >= 4 is 17.5 Å². The summed E-state index contributed by atoms with van der Waals surface area (Å²) in [5.41, 5.74) is 11.8. The minimum atomic E-state index is -0.488. The van der Waals surface area contributed by atoms with E-state index >= 15 is 0 Å². The van der Waals surface area contributed by atoms with E-state index in [-0.39, 0.29) is 5.91 Å². The summed E-state index contributed by atoms with van der Waals surface area (Å²) in [5.74, 6) is 1.81. The topological polar surface area (TPSA) is 98.1 Å². The second-order valence-electron chi connectivity index (χ2n) is 5.42. The number of nitrogen functional groups attached to an aromatic ring is 1. The van der Waals surface area contributed by atoms with Crippen LogP contribution in [-0.4, -0.2) is 29.0 Å². The molecule has 0 aromatic carbocycles. The Labute approximate surface area is 113 Å². The Balaban J connectivity index is 2.34. The molecule has 2 heterocycles. The van der Waals surface area contributed by atoms with Crippen LogP contribution in [0, 0.1) is 12.3 Å². The van der Waals surface area contributed by atoms with Gasteiger partial charge in [-0.3, -0.25) is 4.79 Å². The molecule has 6 nitrogen and oxygen atoms in total. The molecule has 0 saturated carbocycles. The van der Waals surface area contributed by atoms with Gasteiger partial charge in [-0.25, -0.2) is 9.97 Å². The largest absolute Gasteiger partial charge is 0.383 e. The number of anilines is 2. The molecule has 1 aromatic heterocycles. The van der Waals surface area contributed by atoms with Crippen LogP contribution in [0.5, 0.6) is 0 Å². The zero-order chi connectivity index (χ0) is 14.2.